The lowest BCUT2D eigenvalue weighted by atomic mass is 10.1. The SMILES string of the molecule is CCCC(C(=O)NN)N1CCN(CC)CC1. The maximum Gasteiger partial charge on any atom is 0.251 e. The molecule has 1 unspecified atom stereocenters. The molecule has 0 aliphatic carbocycles. The molecule has 1 saturated heterocycles. The number of nitrogens with zero attached hydrogens (tertiary/aromatic N) is 2. The Kier molecular flexibility index (Phi) is 5.73. The van der Waals surface area contributed by atoms with Gasteiger partial charge in [-0.25, -0.2) is 5.84 Å². The number of hydrazine groups is 1. The normalized spacial score (nSPS) is 20.7. The van der Waals surface area contributed by atoms with Crippen LogP contribution in [0.15, 0.2) is 0 Å². The van der Waals surface area contributed by atoms with Gasteiger partial charge >= 0.3 is 0 Å². The van der Waals surface area contributed by atoms with Crippen molar-refractivity contribution >= 4 is 5.91 Å². The second kappa shape index (κ2) is 6.83. The highest BCUT2D eigenvalue weighted by Crippen LogP contribution is 2.11. The van der Waals surface area contributed by atoms with E-state index in [0.29, 0.717) is 0 Å². The van der Waals surface area contributed by atoms with Crippen LogP contribution in [-0.4, -0.2) is 54.5 Å². The quantitative estimate of drug-likeness (QED) is 0.388. The number of hydrogen-bond donors (Lipinski definition) is 2. The van der Waals surface area contributed by atoms with Crippen molar-refractivity contribution in [1.29, 1.82) is 0 Å². The van der Waals surface area contributed by atoms with E-state index in [0.717, 1.165) is 45.6 Å². The van der Waals surface area contributed by atoms with E-state index in [2.05, 4.69) is 29.1 Å². The van der Waals surface area contributed by atoms with Gasteiger partial charge in [-0.05, 0) is 13.0 Å². The molecule has 1 aliphatic heterocycles. The number of carbonyl (C=O) groups excluding carboxylic acids is 1. The topological polar surface area (TPSA) is 61.6 Å². The van der Waals surface area contributed by atoms with Crippen molar-refractivity contribution in [2.24, 2.45) is 5.84 Å². The number of rotatable bonds is 5. The van der Waals surface area contributed by atoms with Crippen molar-refractivity contribution in [3.63, 3.8) is 0 Å². The third-order valence-electron chi connectivity index (χ3n) is 3.30. The second-order valence-electron chi connectivity index (χ2n) is 4.28. The van der Waals surface area contributed by atoms with Crippen LogP contribution in [0, 0.1) is 0 Å². The van der Waals surface area contributed by atoms with Crippen LogP contribution in [0.25, 0.3) is 0 Å². The lowest BCUT2D eigenvalue weighted by Gasteiger charge is -2.38. The predicted molar refractivity (Wildman–Crippen MR) is 64.7 cm³/mol. The summed E-state index contributed by atoms with van der Waals surface area (Å²) in [4.78, 5) is 16.3. The Labute approximate surface area is 97.9 Å². The van der Waals surface area contributed by atoms with E-state index in [4.69, 9.17) is 5.84 Å². The van der Waals surface area contributed by atoms with Crippen molar-refractivity contribution in [2.75, 3.05) is 32.7 Å². The van der Waals surface area contributed by atoms with Crippen LogP contribution >= 0.6 is 0 Å². The highest BCUT2D eigenvalue weighted by molar-refractivity contribution is 5.81. The van der Waals surface area contributed by atoms with E-state index in [1.54, 1.807) is 0 Å². The summed E-state index contributed by atoms with van der Waals surface area (Å²) >= 11 is 0. The van der Waals surface area contributed by atoms with Gasteiger partial charge in [0.1, 0.15) is 0 Å². The molecular weight excluding hydrogens is 204 g/mol. The van der Waals surface area contributed by atoms with Gasteiger partial charge in [0.2, 0.25) is 0 Å². The molecule has 0 spiro atoms. The monoisotopic (exact) mass is 228 g/mol. The molecule has 1 atom stereocenters. The van der Waals surface area contributed by atoms with Crippen LogP contribution < -0.4 is 11.3 Å². The highest BCUT2D eigenvalue weighted by Gasteiger charge is 2.27. The first-order chi connectivity index (χ1) is 7.72. The molecular formula is C11H24N4O. The third kappa shape index (κ3) is 3.43. The van der Waals surface area contributed by atoms with Crippen molar-refractivity contribution in [3.05, 3.63) is 0 Å². The van der Waals surface area contributed by atoms with Crippen molar-refractivity contribution < 1.29 is 4.79 Å². The van der Waals surface area contributed by atoms with Gasteiger partial charge in [-0.2, -0.15) is 0 Å². The minimum atomic E-state index is -0.0493. The zero-order chi connectivity index (χ0) is 12.0. The van der Waals surface area contributed by atoms with Crippen molar-refractivity contribution in [3.8, 4) is 0 Å². The largest absolute Gasteiger partial charge is 0.301 e. The van der Waals surface area contributed by atoms with Gasteiger partial charge in [-0.1, -0.05) is 20.3 Å². The molecule has 1 amide bonds. The molecule has 1 aliphatic rings. The number of amides is 1. The first-order valence-corrected chi connectivity index (χ1v) is 6.19. The Bertz CT molecular complexity index is 214. The van der Waals surface area contributed by atoms with E-state index in [-0.39, 0.29) is 11.9 Å². The second-order valence-corrected chi connectivity index (χ2v) is 4.28. The molecule has 1 heterocycles. The molecule has 5 nitrogen and oxygen atoms in total. The lowest BCUT2D eigenvalue weighted by molar-refractivity contribution is -0.127. The molecule has 16 heavy (non-hydrogen) atoms. The third-order valence-corrected chi connectivity index (χ3v) is 3.30. The molecule has 1 rings (SSSR count). The van der Waals surface area contributed by atoms with Crippen molar-refractivity contribution in [1.82, 2.24) is 15.2 Å². The van der Waals surface area contributed by atoms with Gasteiger partial charge in [0, 0.05) is 26.2 Å². The summed E-state index contributed by atoms with van der Waals surface area (Å²) in [5, 5.41) is 0. The molecule has 0 saturated carbocycles. The van der Waals surface area contributed by atoms with Gasteiger partial charge in [0.25, 0.3) is 5.91 Å². The molecule has 0 radical (unpaired) electrons. The fraction of sp³-hybridized carbons (Fsp3) is 0.909. The number of likely N-dealkylation sites (N-methyl/N-ethyl adjacent to an activating group) is 1. The van der Waals surface area contributed by atoms with Crippen LogP contribution in [0.1, 0.15) is 26.7 Å². The van der Waals surface area contributed by atoms with E-state index < -0.39 is 0 Å². The standard InChI is InChI=1S/C11H24N4O/c1-3-5-10(11(16)13-12)15-8-6-14(4-2)7-9-15/h10H,3-9,12H2,1-2H3,(H,13,16). The average molecular weight is 228 g/mol. The fourth-order valence-corrected chi connectivity index (χ4v) is 2.24. The van der Waals surface area contributed by atoms with Gasteiger partial charge in [0.15, 0.2) is 0 Å². The minimum Gasteiger partial charge on any atom is -0.301 e. The van der Waals surface area contributed by atoms with Crippen LogP contribution in [-0.2, 0) is 4.79 Å². The summed E-state index contributed by atoms with van der Waals surface area (Å²) in [6.07, 6.45) is 1.89. The highest BCUT2D eigenvalue weighted by atomic mass is 16.2. The molecule has 5 heteroatoms. The number of nitrogens with one attached hydrogen (secondary N) is 1. The van der Waals surface area contributed by atoms with E-state index in [9.17, 15) is 4.79 Å². The molecule has 94 valence electrons. The summed E-state index contributed by atoms with van der Waals surface area (Å²) in [6.45, 7) is 9.39. The molecule has 0 aromatic heterocycles. The Morgan fingerprint density at radius 2 is 1.94 bits per heavy atom. The molecule has 0 aromatic carbocycles. The minimum absolute atomic E-state index is 0.0472. The summed E-state index contributed by atoms with van der Waals surface area (Å²) < 4.78 is 0. The van der Waals surface area contributed by atoms with Crippen LogP contribution in [0.4, 0.5) is 0 Å². The first-order valence-electron chi connectivity index (χ1n) is 6.19. The van der Waals surface area contributed by atoms with Crippen LogP contribution in [0.3, 0.4) is 0 Å². The smallest absolute Gasteiger partial charge is 0.251 e. The summed E-state index contributed by atoms with van der Waals surface area (Å²) in [5.41, 5.74) is 2.28. The first kappa shape index (κ1) is 13.4. The summed E-state index contributed by atoms with van der Waals surface area (Å²) in [6, 6.07) is -0.0472. The number of carbonyl (C=O) groups is 1. The Morgan fingerprint density at radius 1 is 1.31 bits per heavy atom. The summed E-state index contributed by atoms with van der Waals surface area (Å²) in [7, 11) is 0. The zero-order valence-electron chi connectivity index (χ0n) is 10.4. The molecule has 1 fully saturated rings. The van der Waals surface area contributed by atoms with Gasteiger partial charge < -0.3 is 4.90 Å². The van der Waals surface area contributed by atoms with E-state index in [1.165, 1.54) is 0 Å². The number of hydrogen-bond acceptors (Lipinski definition) is 4. The van der Waals surface area contributed by atoms with Gasteiger partial charge in [-0.3, -0.25) is 15.1 Å². The molecule has 0 bridgehead atoms. The maximum absolute atomic E-state index is 11.7. The number of nitrogens with two attached hydrogens (primary N) is 1. The van der Waals surface area contributed by atoms with Crippen LogP contribution in [0.5, 0.6) is 0 Å². The Morgan fingerprint density at radius 3 is 2.38 bits per heavy atom. The summed E-state index contributed by atoms with van der Waals surface area (Å²) in [5.74, 6) is 5.18. The molecule has 0 aromatic rings. The zero-order valence-corrected chi connectivity index (χ0v) is 10.4. The lowest BCUT2D eigenvalue weighted by Crippen LogP contribution is -2.55. The van der Waals surface area contributed by atoms with Gasteiger partial charge in [-0.15, -0.1) is 0 Å². The maximum atomic E-state index is 11.7. The van der Waals surface area contributed by atoms with Crippen LogP contribution in [0.2, 0.25) is 0 Å². The predicted octanol–water partition coefficient (Wildman–Crippen LogP) is -0.217. The number of piperazine rings is 1. The van der Waals surface area contributed by atoms with Gasteiger partial charge in [0.05, 0.1) is 6.04 Å². The van der Waals surface area contributed by atoms with E-state index in [1.807, 2.05) is 0 Å². The van der Waals surface area contributed by atoms with E-state index >= 15 is 0 Å². The molecule has 3 N–H and O–H groups in total. The average Bonchev–Trinajstić information content (AvgIpc) is 2.35. The fourth-order valence-electron chi connectivity index (χ4n) is 2.24. The Hall–Kier alpha value is -0.650. The van der Waals surface area contributed by atoms with Crippen molar-refractivity contribution in [2.45, 2.75) is 32.7 Å². The Balaban J connectivity index is 2.49.